The molecule has 1 unspecified atom stereocenters. The molecule has 1 N–H and O–H groups in total. The molecule has 3 aromatic carbocycles. The van der Waals surface area contributed by atoms with Crippen LogP contribution in [-0.4, -0.2) is 22.5 Å². The van der Waals surface area contributed by atoms with Gasteiger partial charge in [-0.15, -0.1) is 0 Å². The van der Waals surface area contributed by atoms with E-state index in [1.54, 1.807) is 48.5 Å². The number of anilines is 1. The molecule has 1 aliphatic carbocycles. The molecular weight excluding hydrogens is 461 g/mol. The fraction of sp³-hybridized carbons (Fsp3) is 0.120. The van der Waals surface area contributed by atoms with Crippen LogP contribution in [0.4, 0.5) is 5.69 Å². The zero-order valence-electron chi connectivity index (χ0n) is 16.8. The minimum atomic E-state index is -2.05. The van der Waals surface area contributed by atoms with E-state index in [1.807, 2.05) is 12.1 Å². The maximum atomic E-state index is 13.6. The number of aliphatic hydroxyl groups is 1. The number of carbonyl (C=O) groups is 2. The lowest BCUT2D eigenvalue weighted by molar-refractivity contribution is -0.129. The number of imide groups is 1. The smallest absolute Gasteiger partial charge is 0.267 e. The van der Waals surface area contributed by atoms with Crippen molar-refractivity contribution in [2.75, 3.05) is 4.90 Å². The van der Waals surface area contributed by atoms with E-state index in [2.05, 4.69) is 0 Å². The van der Waals surface area contributed by atoms with Gasteiger partial charge in [-0.2, -0.15) is 10.5 Å². The summed E-state index contributed by atoms with van der Waals surface area (Å²) in [5, 5.41) is 30.5. The number of fused-ring (bicyclic) bond motifs is 1. The summed E-state index contributed by atoms with van der Waals surface area (Å²) in [6.45, 7) is 0. The molecule has 1 aliphatic heterocycles. The number of carbonyl (C=O) groups excluding carboxylic acids is 2. The summed E-state index contributed by atoms with van der Waals surface area (Å²) in [7, 11) is 0. The highest BCUT2D eigenvalue weighted by Gasteiger charge is 2.89. The fourth-order valence-electron chi connectivity index (χ4n) is 4.98. The molecule has 2 atom stereocenters. The second-order valence-electron chi connectivity index (χ2n) is 7.99. The largest absolute Gasteiger partial charge is 0.378 e. The van der Waals surface area contributed by atoms with Crippen molar-refractivity contribution in [3.8, 4) is 12.1 Å². The number of halogens is 2. The van der Waals surface area contributed by atoms with E-state index in [0.29, 0.717) is 22.3 Å². The molecule has 1 heterocycles. The first kappa shape index (κ1) is 21.2. The minimum absolute atomic E-state index is 0.177. The van der Waals surface area contributed by atoms with Crippen molar-refractivity contribution in [1.29, 1.82) is 10.5 Å². The van der Waals surface area contributed by atoms with Gasteiger partial charge in [0, 0.05) is 10.0 Å². The highest BCUT2D eigenvalue weighted by atomic mass is 35.5. The van der Waals surface area contributed by atoms with Crippen LogP contribution in [0, 0.1) is 28.6 Å². The van der Waals surface area contributed by atoms with Crippen LogP contribution >= 0.6 is 23.2 Å². The van der Waals surface area contributed by atoms with E-state index in [1.165, 1.54) is 18.2 Å². The molecule has 0 radical (unpaired) electrons. The van der Waals surface area contributed by atoms with Gasteiger partial charge < -0.3 is 5.11 Å². The summed E-state index contributed by atoms with van der Waals surface area (Å²) < 4.78 is 0. The second kappa shape index (κ2) is 7.16. The Bertz CT molecular complexity index is 1340. The van der Waals surface area contributed by atoms with Gasteiger partial charge in [0.1, 0.15) is 0 Å². The summed E-state index contributed by atoms with van der Waals surface area (Å²) in [6, 6.07) is 21.2. The molecule has 0 bridgehead atoms. The summed E-state index contributed by atoms with van der Waals surface area (Å²) in [6.07, 6.45) is 0. The molecule has 1 saturated heterocycles. The van der Waals surface area contributed by atoms with Crippen molar-refractivity contribution >= 4 is 40.7 Å². The zero-order valence-corrected chi connectivity index (χ0v) is 18.3. The first-order chi connectivity index (χ1) is 15.8. The molecule has 2 amide bonds. The third kappa shape index (κ3) is 2.70. The van der Waals surface area contributed by atoms with Crippen LogP contribution in [0.5, 0.6) is 0 Å². The molecule has 5 rings (SSSR count). The number of amides is 2. The number of hydrogen-bond donors (Lipinski definition) is 1. The molecule has 2 fully saturated rings. The van der Waals surface area contributed by atoms with Crippen molar-refractivity contribution in [3.05, 3.63) is 99.0 Å². The van der Waals surface area contributed by atoms with Crippen LogP contribution < -0.4 is 4.90 Å². The normalized spacial score (nSPS) is 22.5. The first-order valence-electron chi connectivity index (χ1n) is 9.87. The Morgan fingerprint density at radius 1 is 0.818 bits per heavy atom. The molecular formula is C25H13Cl2N3O3. The second-order valence-corrected chi connectivity index (χ2v) is 8.87. The Kier molecular flexibility index (Phi) is 4.60. The van der Waals surface area contributed by atoms with Gasteiger partial charge in [0.25, 0.3) is 5.91 Å². The lowest BCUT2D eigenvalue weighted by Gasteiger charge is -2.28. The number of rotatable bonds is 3. The third-order valence-corrected chi connectivity index (χ3v) is 6.85. The Labute approximate surface area is 198 Å². The quantitative estimate of drug-likeness (QED) is 0.579. The molecule has 33 heavy (non-hydrogen) atoms. The van der Waals surface area contributed by atoms with Crippen LogP contribution in [0.1, 0.15) is 22.3 Å². The first-order valence-corrected chi connectivity index (χ1v) is 10.6. The Balaban J connectivity index is 1.68. The molecule has 2 aliphatic rings. The van der Waals surface area contributed by atoms with Crippen molar-refractivity contribution in [2.45, 2.75) is 11.0 Å². The Morgan fingerprint density at radius 2 is 1.27 bits per heavy atom. The molecule has 0 spiro atoms. The van der Waals surface area contributed by atoms with Gasteiger partial charge in [-0.25, -0.2) is 4.90 Å². The van der Waals surface area contributed by atoms with Gasteiger partial charge in [-0.1, -0.05) is 47.5 Å². The number of hydrogen-bond acceptors (Lipinski definition) is 5. The van der Waals surface area contributed by atoms with Gasteiger partial charge in [-0.05, 0) is 53.6 Å². The average molecular weight is 474 g/mol. The number of nitriles is 2. The van der Waals surface area contributed by atoms with Crippen molar-refractivity contribution in [3.63, 3.8) is 0 Å². The van der Waals surface area contributed by atoms with E-state index in [9.17, 15) is 14.7 Å². The van der Waals surface area contributed by atoms with Crippen LogP contribution in [0.3, 0.4) is 0 Å². The molecule has 3 aromatic rings. The van der Waals surface area contributed by atoms with Gasteiger partial charge in [0.2, 0.25) is 5.91 Å². The van der Waals surface area contributed by atoms with Crippen molar-refractivity contribution in [2.24, 2.45) is 5.92 Å². The average Bonchev–Trinajstić information content (AvgIpc) is 3.33. The number of nitrogens with zero attached hydrogens (tertiary/aromatic N) is 3. The lowest BCUT2D eigenvalue weighted by Crippen LogP contribution is -2.45. The SMILES string of the molecule is N#Cc1ccc(C2(c3ccc(C#N)cc3)[C@@H]3C(=O)N(c4cc(Cl)cc(Cl)c4)C(=O)C32O)cc1. The highest BCUT2D eigenvalue weighted by Crippen LogP contribution is 2.71. The standard InChI is InChI=1S/C25H13Cl2N3O3/c26-18-9-19(27)11-20(10-18)30-22(31)21-24(25(21,33)23(30)32,16-5-1-14(12-28)2-6-16)17-7-3-15(13-29)4-8-17/h1-11,21,33H/t21-,25?/m0/s1. The third-order valence-electron chi connectivity index (χ3n) is 6.41. The predicted molar refractivity (Wildman–Crippen MR) is 120 cm³/mol. The highest BCUT2D eigenvalue weighted by molar-refractivity contribution is 6.36. The van der Waals surface area contributed by atoms with Gasteiger partial charge in [-0.3, -0.25) is 9.59 Å². The van der Waals surface area contributed by atoms with E-state index in [4.69, 9.17) is 33.7 Å². The summed E-state index contributed by atoms with van der Waals surface area (Å²) in [5.41, 5.74) is -1.40. The van der Waals surface area contributed by atoms with Crippen LogP contribution in [0.15, 0.2) is 66.7 Å². The topological polar surface area (TPSA) is 105 Å². The van der Waals surface area contributed by atoms with E-state index in [0.717, 1.165) is 4.90 Å². The van der Waals surface area contributed by atoms with Gasteiger partial charge in [0.05, 0.1) is 40.3 Å². The van der Waals surface area contributed by atoms with E-state index < -0.39 is 28.7 Å². The number of benzene rings is 3. The molecule has 1 saturated carbocycles. The van der Waals surface area contributed by atoms with Crippen molar-refractivity contribution < 1.29 is 14.7 Å². The van der Waals surface area contributed by atoms with E-state index in [-0.39, 0.29) is 15.7 Å². The summed E-state index contributed by atoms with van der Waals surface area (Å²) >= 11 is 12.1. The molecule has 8 heteroatoms. The lowest BCUT2D eigenvalue weighted by atomic mass is 9.81. The number of piperidine rings is 1. The maximum absolute atomic E-state index is 13.6. The minimum Gasteiger partial charge on any atom is -0.378 e. The zero-order chi connectivity index (χ0) is 23.5. The summed E-state index contributed by atoms with van der Waals surface area (Å²) in [4.78, 5) is 28.0. The van der Waals surface area contributed by atoms with Gasteiger partial charge in [0.15, 0.2) is 5.60 Å². The Morgan fingerprint density at radius 3 is 1.64 bits per heavy atom. The van der Waals surface area contributed by atoms with Crippen LogP contribution in [-0.2, 0) is 15.0 Å². The maximum Gasteiger partial charge on any atom is 0.267 e. The monoisotopic (exact) mass is 473 g/mol. The van der Waals surface area contributed by atoms with Crippen LogP contribution in [0.2, 0.25) is 10.0 Å². The van der Waals surface area contributed by atoms with Gasteiger partial charge >= 0.3 is 0 Å². The van der Waals surface area contributed by atoms with E-state index >= 15 is 0 Å². The van der Waals surface area contributed by atoms with Crippen LogP contribution in [0.25, 0.3) is 0 Å². The van der Waals surface area contributed by atoms with Crippen molar-refractivity contribution in [1.82, 2.24) is 0 Å². The molecule has 6 nitrogen and oxygen atoms in total. The summed E-state index contributed by atoms with van der Waals surface area (Å²) in [5.74, 6) is -2.48. The Hall–Kier alpha value is -3.68. The fourth-order valence-corrected chi connectivity index (χ4v) is 5.50. The predicted octanol–water partition coefficient (Wildman–Crippen LogP) is 3.96. The molecule has 0 aromatic heterocycles. The molecule has 160 valence electrons.